The number of rotatable bonds is 3. The van der Waals surface area contributed by atoms with Crippen molar-refractivity contribution in [3.63, 3.8) is 0 Å². The summed E-state index contributed by atoms with van der Waals surface area (Å²) < 4.78 is 0. The van der Waals surface area contributed by atoms with Crippen molar-refractivity contribution in [2.24, 2.45) is 17.1 Å². The topological polar surface area (TPSA) is 29.3 Å². The van der Waals surface area contributed by atoms with E-state index in [4.69, 9.17) is 5.73 Å². The second-order valence-corrected chi connectivity index (χ2v) is 7.49. The maximum Gasteiger partial charge on any atom is 0.0124 e. The van der Waals surface area contributed by atoms with Gasteiger partial charge in [0.05, 0.1) is 0 Å². The van der Waals surface area contributed by atoms with Crippen LogP contribution in [0.4, 0.5) is 0 Å². The standard InChI is InChI=1S/C17H32N2/c18-13-17(10-5-1-2-6-11-17)14-19-12-9-15-7-3-4-8-16(15)19/h15-16H,1-14,18H2. The Morgan fingerprint density at radius 1 is 0.895 bits per heavy atom. The van der Waals surface area contributed by atoms with Crippen molar-refractivity contribution in [3.8, 4) is 0 Å². The summed E-state index contributed by atoms with van der Waals surface area (Å²) in [5.74, 6) is 1.02. The number of likely N-dealkylation sites (tertiary alicyclic amines) is 1. The van der Waals surface area contributed by atoms with Crippen LogP contribution in [0.5, 0.6) is 0 Å². The molecule has 0 radical (unpaired) electrons. The molecule has 0 bridgehead atoms. The first-order valence-electron chi connectivity index (χ1n) is 8.77. The van der Waals surface area contributed by atoms with Crippen LogP contribution in [0.2, 0.25) is 0 Å². The van der Waals surface area contributed by atoms with Crippen molar-refractivity contribution in [2.45, 2.75) is 76.7 Å². The first-order valence-corrected chi connectivity index (χ1v) is 8.77. The fourth-order valence-corrected chi connectivity index (χ4v) is 5.04. The van der Waals surface area contributed by atoms with Gasteiger partial charge < -0.3 is 5.73 Å². The lowest BCUT2D eigenvalue weighted by atomic mass is 9.79. The molecule has 2 heteroatoms. The molecule has 1 saturated heterocycles. The molecule has 0 aromatic carbocycles. The van der Waals surface area contributed by atoms with Crippen LogP contribution in [0, 0.1) is 11.3 Å². The molecule has 2 unspecified atom stereocenters. The van der Waals surface area contributed by atoms with Crippen LogP contribution in [0.1, 0.15) is 70.6 Å². The minimum Gasteiger partial charge on any atom is -0.330 e. The highest BCUT2D eigenvalue weighted by molar-refractivity contribution is 4.94. The first-order chi connectivity index (χ1) is 9.33. The molecule has 0 aromatic rings. The lowest BCUT2D eigenvalue weighted by Crippen LogP contribution is -2.45. The van der Waals surface area contributed by atoms with Crippen LogP contribution < -0.4 is 5.73 Å². The van der Waals surface area contributed by atoms with Crippen molar-refractivity contribution in [2.75, 3.05) is 19.6 Å². The molecule has 2 N–H and O–H groups in total. The van der Waals surface area contributed by atoms with Crippen LogP contribution in [0.25, 0.3) is 0 Å². The molecular formula is C17H32N2. The maximum atomic E-state index is 6.23. The molecule has 0 spiro atoms. The number of nitrogens with zero attached hydrogens (tertiary/aromatic N) is 1. The van der Waals surface area contributed by atoms with E-state index in [0.717, 1.165) is 18.5 Å². The molecule has 2 saturated carbocycles. The van der Waals surface area contributed by atoms with Gasteiger partial charge in [0.15, 0.2) is 0 Å². The van der Waals surface area contributed by atoms with Crippen molar-refractivity contribution < 1.29 is 0 Å². The van der Waals surface area contributed by atoms with E-state index in [9.17, 15) is 0 Å². The summed E-state index contributed by atoms with van der Waals surface area (Å²) in [5.41, 5.74) is 6.69. The van der Waals surface area contributed by atoms with Gasteiger partial charge in [-0.15, -0.1) is 0 Å². The summed E-state index contributed by atoms with van der Waals surface area (Å²) >= 11 is 0. The zero-order valence-electron chi connectivity index (χ0n) is 12.6. The summed E-state index contributed by atoms with van der Waals surface area (Å²) in [6, 6.07) is 0.917. The third-order valence-corrected chi connectivity index (χ3v) is 6.26. The summed E-state index contributed by atoms with van der Waals surface area (Å²) in [4.78, 5) is 2.85. The normalized spacial score (nSPS) is 35.8. The van der Waals surface area contributed by atoms with E-state index in [1.165, 1.54) is 83.7 Å². The smallest absolute Gasteiger partial charge is 0.0124 e. The molecule has 2 atom stereocenters. The van der Waals surface area contributed by atoms with Gasteiger partial charge >= 0.3 is 0 Å². The van der Waals surface area contributed by atoms with Gasteiger partial charge in [-0.25, -0.2) is 0 Å². The molecule has 110 valence electrons. The number of hydrogen-bond acceptors (Lipinski definition) is 2. The predicted molar refractivity (Wildman–Crippen MR) is 81.1 cm³/mol. The Morgan fingerprint density at radius 2 is 1.63 bits per heavy atom. The van der Waals surface area contributed by atoms with Crippen molar-refractivity contribution in [1.29, 1.82) is 0 Å². The molecule has 3 fully saturated rings. The summed E-state index contributed by atoms with van der Waals surface area (Å²) in [5, 5.41) is 0. The van der Waals surface area contributed by atoms with E-state index in [1.807, 2.05) is 0 Å². The third-order valence-electron chi connectivity index (χ3n) is 6.26. The highest BCUT2D eigenvalue weighted by atomic mass is 15.2. The van der Waals surface area contributed by atoms with Gasteiger partial charge in [0.2, 0.25) is 0 Å². The molecule has 1 aliphatic heterocycles. The molecule has 19 heavy (non-hydrogen) atoms. The summed E-state index contributed by atoms with van der Waals surface area (Å²) in [7, 11) is 0. The van der Waals surface area contributed by atoms with Crippen LogP contribution in [0.3, 0.4) is 0 Å². The van der Waals surface area contributed by atoms with Gasteiger partial charge in [0.1, 0.15) is 0 Å². The van der Waals surface area contributed by atoms with Crippen molar-refractivity contribution >= 4 is 0 Å². The molecular weight excluding hydrogens is 232 g/mol. The Morgan fingerprint density at radius 3 is 2.37 bits per heavy atom. The Balaban J connectivity index is 1.65. The molecule has 0 amide bonds. The number of nitrogens with two attached hydrogens (primary N) is 1. The van der Waals surface area contributed by atoms with E-state index in [2.05, 4.69) is 4.90 Å². The van der Waals surface area contributed by atoms with Crippen LogP contribution in [0.15, 0.2) is 0 Å². The predicted octanol–water partition coefficient (Wildman–Crippen LogP) is 3.55. The van der Waals surface area contributed by atoms with Gasteiger partial charge in [-0.2, -0.15) is 0 Å². The van der Waals surface area contributed by atoms with E-state index in [1.54, 1.807) is 0 Å². The minimum absolute atomic E-state index is 0.461. The molecule has 2 aliphatic carbocycles. The fraction of sp³-hybridized carbons (Fsp3) is 1.00. The number of fused-ring (bicyclic) bond motifs is 1. The second kappa shape index (κ2) is 6.13. The zero-order valence-corrected chi connectivity index (χ0v) is 12.6. The SMILES string of the molecule is NCC1(CN2CCC3CCCCC32)CCCCCC1. The maximum absolute atomic E-state index is 6.23. The van der Waals surface area contributed by atoms with Gasteiger partial charge in [0, 0.05) is 12.6 Å². The van der Waals surface area contributed by atoms with Gasteiger partial charge in [-0.3, -0.25) is 4.90 Å². The lowest BCUT2D eigenvalue weighted by Gasteiger charge is -2.40. The third kappa shape index (κ3) is 3.00. The molecule has 1 heterocycles. The molecule has 3 rings (SSSR count). The largest absolute Gasteiger partial charge is 0.330 e. The van der Waals surface area contributed by atoms with Crippen LogP contribution >= 0.6 is 0 Å². The Hall–Kier alpha value is -0.0800. The summed E-state index contributed by atoms with van der Waals surface area (Å²) in [6.45, 7) is 3.59. The van der Waals surface area contributed by atoms with Crippen molar-refractivity contribution in [1.82, 2.24) is 4.90 Å². The van der Waals surface area contributed by atoms with Gasteiger partial charge in [0.25, 0.3) is 0 Å². The summed E-state index contributed by atoms with van der Waals surface area (Å²) in [6.07, 6.45) is 15.9. The van der Waals surface area contributed by atoms with Crippen LogP contribution in [-0.2, 0) is 0 Å². The average Bonchev–Trinajstić information content (AvgIpc) is 2.70. The van der Waals surface area contributed by atoms with Gasteiger partial charge in [-0.05, 0) is 56.5 Å². The van der Waals surface area contributed by atoms with Crippen LogP contribution in [-0.4, -0.2) is 30.6 Å². The Labute approximate surface area is 119 Å². The Kier molecular flexibility index (Phi) is 4.48. The highest BCUT2D eigenvalue weighted by Crippen LogP contribution is 2.41. The van der Waals surface area contributed by atoms with Gasteiger partial charge in [-0.1, -0.05) is 38.5 Å². The monoisotopic (exact) mass is 264 g/mol. The molecule has 3 aliphatic rings. The van der Waals surface area contributed by atoms with E-state index in [0.29, 0.717) is 5.41 Å². The fourth-order valence-electron chi connectivity index (χ4n) is 5.04. The van der Waals surface area contributed by atoms with E-state index in [-0.39, 0.29) is 0 Å². The van der Waals surface area contributed by atoms with E-state index < -0.39 is 0 Å². The van der Waals surface area contributed by atoms with E-state index >= 15 is 0 Å². The molecule has 0 aromatic heterocycles. The quantitative estimate of drug-likeness (QED) is 0.790. The Bertz CT molecular complexity index is 281. The number of hydrogen-bond donors (Lipinski definition) is 1. The van der Waals surface area contributed by atoms with Crippen molar-refractivity contribution in [3.05, 3.63) is 0 Å². The molecule has 2 nitrogen and oxygen atoms in total. The zero-order chi connectivity index (χ0) is 13.1. The highest BCUT2D eigenvalue weighted by Gasteiger charge is 2.40. The average molecular weight is 264 g/mol. The first kappa shape index (κ1) is 13.9. The second-order valence-electron chi connectivity index (χ2n) is 7.49. The lowest BCUT2D eigenvalue weighted by molar-refractivity contribution is 0.101. The minimum atomic E-state index is 0.461.